The summed E-state index contributed by atoms with van der Waals surface area (Å²) >= 11 is 0. The Morgan fingerprint density at radius 2 is 1.38 bits per heavy atom. The van der Waals surface area contributed by atoms with Gasteiger partial charge in [0.05, 0.1) is 0 Å². The van der Waals surface area contributed by atoms with Crippen molar-refractivity contribution in [3.63, 3.8) is 0 Å². The van der Waals surface area contributed by atoms with Crippen molar-refractivity contribution in [3.05, 3.63) is 65.2 Å². The SMILES string of the molecule is Cc1cc(NC(=O)c2ccc(C3=CCN(/C(=N\C(=O)OC(C)(C)C)NC(=O)OC(C)(C)C)CC3)cc2)ccc1N1CCN(C(=BOC#N)NC(=O)OC(C)(C)C)CC1. The molecule has 310 valence electrons. The van der Waals surface area contributed by atoms with Crippen molar-refractivity contribution in [2.24, 2.45) is 4.99 Å². The molecule has 0 aromatic heterocycles. The van der Waals surface area contributed by atoms with Gasteiger partial charge in [-0.2, -0.15) is 0 Å². The number of nitrogens with one attached hydrogen (secondary N) is 3. The Labute approximate surface area is 341 Å². The second-order valence-corrected chi connectivity index (χ2v) is 16.8. The van der Waals surface area contributed by atoms with Crippen LogP contribution in [0.4, 0.5) is 25.8 Å². The first-order valence-electron chi connectivity index (χ1n) is 19.1. The van der Waals surface area contributed by atoms with E-state index >= 15 is 0 Å². The van der Waals surface area contributed by atoms with Crippen molar-refractivity contribution in [3.8, 4) is 6.26 Å². The number of nitriles is 1. The average molecular weight is 799 g/mol. The van der Waals surface area contributed by atoms with E-state index in [4.69, 9.17) is 24.1 Å². The number of amides is 4. The van der Waals surface area contributed by atoms with E-state index in [0.717, 1.165) is 22.4 Å². The summed E-state index contributed by atoms with van der Waals surface area (Å²) in [6.45, 7) is 20.9. The van der Waals surface area contributed by atoms with Crippen LogP contribution in [0.15, 0.2) is 53.5 Å². The molecule has 0 spiro atoms. The van der Waals surface area contributed by atoms with Crippen LogP contribution in [0.2, 0.25) is 0 Å². The minimum absolute atomic E-state index is 0.0381. The van der Waals surface area contributed by atoms with Gasteiger partial charge in [-0.15, -0.1) is 4.99 Å². The summed E-state index contributed by atoms with van der Waals surface area (Å²) in [7, 11) is 1.20. The van der Waals surface area contributed by atoms with Crippen molar-refractivity contribution in [2.75, 3.05) is 49.5 Å². The Morgan fingerprint density at radius 3 is 1.91 bits per heavy atom. The molecule has 2 aromatic rings. The number of piperazine rings is 1. The minimum atomic E-state index is -0.827. The van der Waals surface area contributed by atoms with Crippen LogP contribution in [-0.4, -0.2) is 109 Å². The number of nitrogens with zero attached hydrogens (tertiary/aromatic N) is 5. The normalized spacial score (nSPS) is 15.3. The Kier molecular flexibility index (Phi) is 14.6. The van der Waals surface area contributed by atoms with Gasteiger partial charge in [0.1, 0.15) is 11.2 Å². The summed E-state index contributed by atoms with van der Waals surface area (Å²) in [5.74, 6) is -0.208. The van der Waals surface area contributed by atoms with Crippen molar-refractivity contribution in [1.29, 1.82) is 5.26 Å². The van der Waals surface area contributed by atoms with E-state index in [2.05, 4.69) is 25.8 Å². The average Bonchev–Trinajstić information content (AvgIpc) is 3.11. The van der Waals surface area contributed by atoms with Gasteiger partial charge in [0.15, 0.2) is 0 Å². The van der Waals surface area contributed by atoms with Gasteiger partial charge in [-0.05, 0) is 71.2 Å². The number of anilines is 2. The zero-order chi connectivity index (χ0) is 42.8. The van der Waals surface area contributed by atoms with Gasteiger partial charge in [-0.1, -0.05) is 18.2 Å². The fourth-order valence-electron chi connectivity index (χ4n) is 6.06. The summed E-state index contributed by atoms with van der Waals surface area (Å²) in [6, 6.07) is 13.1. The zero-order valence-corrected chi connectivity index (χ0v) is 35.1. The first kappa shape index (κ1) is 44.7. The molecule has 0 saturated carbocycles. The van der Waals surface area contributed by atoms with Crippen molar-refractivity contribution in [2.45, 2.75) is 92.5 Å². The maximum absolute atomic E-state index is 13.3. The van der Waals surface area contributed by atoms with Crippen LogP contribution in [-0.2, 0) is 18.9 Å². The summed E-state index contributed by atoms with van der Waals surface area (Å²) in [5, 5.41) is 17.2. The summed E-state index contributed by atoms with van der Waals surface area (Å²) < 4.78 is 20.9. The van der Waals surface area contributed by atoms with Crippen LogP contribution < -0.4 is 20.9 Å². The van der Waals surface area contributed by atoms with Crippen molar-refractivity contribution in [1.82, 2.24) is 20.4 Å². The molecule has 0 radical (unpaired) electrons. The Hall–Kier alpha value is -6.05. The molecule has 2 aromatic carbocycles. The molecule has 0 bridgehead atoms. The zero-order valence-electron chi connectivity index (χ0n) is 35.1. The number of benzene rings is 2. The van der Waals surface area contributed by atoms with E-state index in [9.17, 15) is 19.2 Å². The number of alkyl carbamates (subject to hydrolysis) is 2. The topological polar surface area (TPSA) is 187 Å². The van der Waals surface area contributed by atoms with Crippen LogP contribution >= 0.6 is 0 Å². The monoisotopic (exact) mass is 798 g/mol. The summed E-state index contributed by atoms with van der Waals surface area (Å²) in [4.78, 5) is 60.8. The summed E-state index contributed by atoms with van der Waals surface area (Å²) in [5.41, 5.74) is 3.30. The third-order valence-corrected chi connectivity index (χ3v) is 8.50. The molecular formula is C41H55BN8O8. The van der Waals surface area contributed by atoms with Gasteiger partial charge >= 0.3 is 188 Å². The number of rotatable bonds is 7. The van der Waals surface area contributed by atoms with Gasteiger partial charge < -0.3 is 14.4 Å². The number of carbonyl (C=O) groups excluding carboxylic acids is 4. The van der Waals surface area contributed by atoms with Crippen molar-refractivity contribution < 1.29 is 38.0 Å². The number of aliphatic imine (C=N–C) groups is 1. The molecule has 0 unspecified atom stereocenters. The molecule has 58 heavy (non-hydrogen) atoms. The Bertz CT molecular complexity index is 1960. The Balaban J connectivity index is 1.35. The maximum atomic E-state index is 13.3. The quantitative estimate of drug-likeness (QED) is 0.0977. The molecule has 1 fully saturated rings. The molecule has 3 N–H and O–H groups in total. The van der Waals surface area contributed by atoms with E-state index in [1.807, 2.05) is 48.2 Å². The molecule has 0 atom stereocenters. The fraction of sp³-hybridized carbons (Fsp3) is 0.488. The molecule has 17 heteroatoms. The molecule has 16 nitrogen and oxygen atoms in total. The number of hydrogen-bond donors (Lipinski definition) is 3. The van der Waals surface area contributed by atoms with Gasteiger partial charge in [0.25, 0.3) is 0 Å². The van der Waals surface area contributed by atoms with E-state index in [1.54, 1.807) is 85.6 Å². The first-order valence-corrected chi connectivity index (χ1v) is 19.1. The van der Waals surface area contributed by atoms with Crippen LogP contribution in [0.5, 0.6) is 0 Å². The fourth-order valence-corrected chi connectivity index (χ4v) is 6.06. The molecule has 1 saturated heterocycles. The molecule has 4 rings (SSSR count). The molecule has 0 aliphatic carbocycles. The standard InChI is InChI=1S/C41H55BN8O8/c1-27-25-31(15-16-32(27)48-21-23-49(24-22-48)34(42-55-26-43)45-36(52)56-39(2,3)4)44-33(51)30-13-11-28(12-14-30)29-17-19-50(20-18-29)35(46-37(53)57-40(5,6)7)47-38(54)58-41(8,9)10/h11-17,25H,18-24H2,1-10H3,(H,44,51)(H,45,52)(H,46,47,53,54). The van der Waals surface area contributed by atoms with E-state index in [1.165, 1.54) is 7.12 Å². The first-order chi connectivity index (χ1) is 27.1. The molecule has 2 aliphatic rings. The molecule has 4 amide bonds. The number of ether oxygens (including phenoxy) is 3. The van der Waals surface area contributed by atoms with Gasteiger partial charge in [-0.3, -0.25) is 5.32 Å². The van der Waals surface area contributed by atoms with Gasteiger partial charge in [0, 0.05) is 13.1 Å². The van der Waals surface area contributed by atoms with Crippen LogP contribution in [0, 0.1) is 18.4 Å². The number of hydrogen-bond acceptors (Lipinski definition) is 11. The summed E-state index contributed by atoms with van der Waals surface area (Å²) in [6.07, 6.45) is 1.98. The number of aryl methyl sites for hydroxylation is 1. The van der Waals surface area contributed by atoms with Crippen LogP contribution in [0.1, 0.15) is 90.2 Å². The third-order valence-electron chi connectivity index (χ3n) is 8.50. The number of carbonyl (C=O) groups is 4. The van der Waals surface area contributed by atoms with E-state index in [-0.39, 0.29) is 11.9 Å². The molecular weight excluding hydrogens is 743 g/mol. The predicted octanol–water partition coefficient (Wildman–Crippen LogP) is 6.00. The Morgan fingerprint density at radius 1 is 0.776 bits per heavy atom. The van der Waals surface area contributed by atoms with Gasteiger partial charge in [0.2, 0.25) is 5.96 Å². The van der Waals surface area contributed by atoms with Gasteiger partial charge in [-0.25, -0.2) is 9.59 Å². The van der Waals surface area contributed by atoms with E-state index < -0.39 is 35.1 Å². The number of guanidine groups is 1. The van der Waals surface area contributed by atoms with Crippen LogP contribution in [0.25, 0.3) is 5.57 Å². The van der Waals surface area contributed by atoms with Crippen LogP contribution in [0.3, 0.4) is 0 Å². The predicted molar refractivity (Wildman–Crippen MR) is 223 cm³/mol. The second kappa shape index (κ2) is 18.9. The second-order valence-electron chi connectivity index (χ2n) is 16.8. The molecule has 2 heterocycles. The van der Waals surface area contributed by atoms with Crippen molar-refractivity contribution >= 4 is 59.9 Å². The molecule has 2 aliphatic heterocycles. The third kappa shape index (κ3) is 14.2. The van der Waals surface area contributed by atoms with E-state index in [0.29, 0.717) is 62.7 Å².